The maximum atomic E-state index is 11.1. The SMILES string of the molecule is CC/C=C(\NC(=O)OC)c1ccccc1. The number of nitrogens with one attached hydrogen (secondary N) is 1. The van der Waals surface area contributed by atoms with Crippen molar-refractivity contribution in [3.8, 4) is 0 Å². The molecular formula is C12H15NO2. The van der Waals surface area contributed by atoms with Gasteiger partial charge in [0.15, 0.2) is 0 Å². The number of rotatable bonds is 3. The van der Waals surface area contributed by atoms with E-state index in [9.17, 15) is 4.79 Å². The summed E-state index contributed by atoms with van der Waals surface area (Å²) < 4.78 is 4.56. The van der Waals surface area contributed by atoms with Crippen LogP contribution in [0.5, 0.6) is 0 Å². The van der Waals surface area contributed by atoms with Crippen molar-refractivity contribution in [3.05, 3.63) is 42.0 Å². The molecule has 0 aliphatic rings. The van der Waals surface area contributed by atoms with E-state index in [1.807, 2.05) is 43.3 Å². The van der Waals surface area contributed by atoms with Crippen molar-refractivity contribution in [2.24, 2.45) is 0 Å². The van der Waals surface area contributed by atoms with Crippen molar-refractivity contribution < 1.29 is 9.53 Å². The van der Waals surface area contributed by atoms with Gasteiger partial charge in [-0.2, -0.15) is 0 Å². The van der Waals surface area contributed by atoms with Crippen LogP contribution >= 0.6 is 0 Å². The summed E-state index contributed by atoms with van der Waals surface area (Å²) in [5.74, 6) is 0. The molecule has 0 heterocycles. The molecule has 0 aliphatic carbocycles. The molecule has 0 spiro atoms. The van der Waals surface area contributed by atoms with Crippen LogP contribution in [0.1, 0.15) is 18.9 Å². The number of amides is 1. The maximum absolute atomic E-state index is 11.1. The number of hydrogen-bond acceptors (Lipinski definition) is 2. The Morgan fingerprint density at radius 1 is 1.40 bits per heavy atom. The van der Waals surface area contributed by atoms with Gasteiger partial charge in [0.05, 0.1) is 7.11 Å². The van der Waals surface area contributed by atoms with E-state index in [1.54, 1.807) is 0 Å². The number of carbonyl (C=O) groups is 1. The summed E-state index contributed by atoms with van der Waals surface area (Å²) in [6.07, 6.45) is 2.36. The van der Waals surface area contributed by atoms with Crippen molar-refractivity contribution in [2.45, 2.75) is 13.3 Å². The van der Waals surface area contributed by atoms with Gasteiger partial charge in [0.25, 0.3) is 0 Å². The second kappa shape index (κ2) is 5.86. The molecule has 0 saturated carbocycles. The first-order chi connectivity index (χ1) is 7.27. The average molecular weight is 205 g/mol. The van der Waals surface area contributed by atoms with Crippen molar-refractivity contribution >= 4 is 11.8 Å². The normalized spacial score (nSPS) is 10.9. The van der Waals surface area contributed by atoms with E-state index in [0.717, 1.165) is 17.7 Å². The zero-order valence-corrected chi connectivity index (χ0v) is 8.99. The molecule has 3 nitrogen and oxygen atoms in total. The predicted molar refractivity (Wildman–Crippen MR) is 60.3 cm³/mol. The van der Waals surface area contributed by atoms with Crippen molar-refractivity contribution in [1.82, 2.24) is 5.32 Å². The second-order valence-electron chi connectivity index (χ2n) is 3.01. The van der Waals surface area contributed by atoms with Gasteiger partial charge in [-0.25, -0.2) is 4.79 Å². The van der Waals surface area contributed by atoms with Gasteiger partial charge >= 0.3 is 6.09 Å². The van der Waals surface area contributed by atoms with E-state index in [0.29, 0.717) is 0 Å². The fraction of sp³-hybridized carbons (Fsp3) is 0.250. The Labute approximate surface area is 89.8 Å². The van der Waals surface area contributed by atoms with Gasteiger partial charge in [0.2, 0.25) is 0 Å². The van der Waals surface area contributed by atoms with Gasteiger partial charge in [-0.1, -0.05) is 43.3 Å². The number of alkyl carbamates (subject to hydrolysis) is 1. The fourth-order valence-corrected chi connectivity index (χ4v) is 1.22. The monoisotopic (exact) mass is 205 g/mol. The number of hydrogen-bond donors (Lipinski definition) is 1. The first-order valence-electron chi connectivity index (χ1n) is 4.88. The van der Waals surface area contributed by atoms with E-state index < -0.39 is 6.09 Å². The minimum absolute atomic E-state index is 0.446. The lowest BCUT2D eigenvalue weighted by molar-refractivity contribution is 0.176. The molecule has 3 heteroatoms. The molecule has 1 aromatic carbocycles. The van der Waals surface area contributed by atoms with E-state index in [1.165, 1.54) is 7.11 Å². The van der Waals surface area contributed by atoms with Crippen LogP contribution in [-0.2, 0) is 4.74 Å². The van der Waals surface area contributed by atoms with Crippen LogP contribution in [0.15, 0.2) is 36.4 Å². The topological polar surface area (TPSA) is 38.3 Å². The molecule has 1 amide bonds. The summed E-state index contributed by atoms with van der Waals surface area (Å²) in [4.78, 5) is 11.1. The predicted octanol–water partition coefficient (Wildman–Crippen LogP) is 2.79. The third kappa shape index (κ3) is 3.46. The Bertz CT molecular complexity index is 344. The molecule has 1 aromatic rings. The third-order valence-electron chi connectivity index (χ3n) is 1.92. The second-order valence-corrected chi connectivity index (χ2v) is 3.01. The lowest BCUT2D eigenvalue weighted by Gasteiger charge is -2.08. The minimum atomic E-state index is -0.446. The Morgan fingerprint density at radius 3 is 2.60 bits per heavy atom. The fourth-order valence-electron chi connectivity index (χ4n) is 1.22. The van der Waals surface area contributed by atoms with Gasteiger partial charge < -0.3 is 4.74 Å². The summed E-state index contributed by atoms with van der Waals surface area (Å²) in [5, 5.41) is 2.68. The van der Waals surface area contributed by atoms with Gasteiger partial charge in [-0.15, -0.1) is 0 Å². The molecule has 0 bridgehead atoms. The van der Waals surface area contributed by atoms with Crippen LogP contribution in [0.4, 0.5) is 4.79 Å². The van der Waals surface area contributed by atoms with Crippen LogP contribution in [0.3, 0.4) is 0 Å². The standard InChI is InChI=1S/C12H15NO2/c1-3-7-11(13-12(14)15-2)10-8-5-4-6-9-10/h4-9H,3H2,1-2H3,(H,13,14)/b11-7-. The first-order valence-corrected chi connectivity index (χ1v) is 4.88. The van der Waals surface area contributed by atoms with E-state index >= 15 is 0 Å². The van der Waals surface area contributed by atoms with E-state index in [2.05, 4.69) is 10.1 Å². The minimum Gasteiger partial charge on any atom is -0.453 e. The molecule has 1 N–H and O–H groups in total. The highest BCUT2D eigenvalue weighted by molar-refractivity contribution is 5.81. The van der Waals surface area contributed by atoms with Crippen molar-refractivity contribution in [2.75, 3.05) is 7.11 Å². The van der Waals surface area contributed by atoms with E-state index in [-0.39, 0.29) is 0 Å². The van der Waals surface area contributed by atoms with Crippen molar-refractivity contribution in [3.63, 3.8) is 0 Å². The van der Waals surface area contributed by atoms with Crippen LogP contribution in [0, 0.1) is 0 Å². The third-order valence-corrected chi connectivity index (χ3v) is 1.92. The van der Waals surface area contributed by atoms with Crippen LogP contribution in [0.2, 0.25) is 0 Å². The largest absolute Gasteiger partial charge is 0.453 e. The number of allylic oxidation sites excluding steroid dienone is 1. The summed E-state index contributed by atoms with van der Waals surface area (Å²) in [6, 6.07) is 9.68. The van der Waals surface area contributed by atoms with Gasteiger partial charge in [0, 0.05) is 5.70 Å². The maximum Gasteiger partial charge on any atom is 0.411 e. The summed E-state index contributed by atoms with van der Waals surface area (Å²) in [5.41, 5.74) is 1.76. The van der Waals surface area contributed by atoms with Gasteiger partial charge in [-0.05, 0) is 12.0 Å². The average Bonchev–Trinajstić information content (AvgIpc) is 2.29. The van der Waals surface area contributed by atoms with Crippen LogP contribution < -0.4 is 5.32 Å². The molecule has 0 radical (unpaired) electrons. The quantitative estimate of drug-likeness (QED) is 0.824. The Morgan fingerprint density at radius 2 is 2.07 bits per heavy atom. The lowest BCUT2D eigenvalue weighted by atomic mass is 10.1. The molecule has 0 saturated heterocycles. The van der Waals surface area contributed by atoms with Crippen molar-refractivity contribution in [1.29, 1.82) is 0 Å². The summed E-state index contributed by atoms with van der Waals surface area (Å²) in [6.45, 7) is 2.02. The Balaban J connectivity index is 2.85. The molecule has 80 valence electrons. The van der Waals surface area contributed by atoms with Crippen LogP contribution in [-0.4, -0.2) is 13.2 Å². The smallest absolute Gasteiger partial charge is 0.411 e. The summed E-state index contributed by atoms with van der Waals surface area (Å²) in [7, 11) is 1.35. The molecule has 0 unspecified atom stereocenters. The van der Waals surface area contributed by atoms with Gasteiger partial charge in [-0.3, -0.25) is 5.32 Å². The Kier molecular flexibility index (Phi) is 4.41. The zero-order chi connectivity index (χ0) is 11.1. The molecule has 0 atom stereocenters. The number of benzene rings is 1. The van der Waals surface area contributed by atoms with E-state index in [4.69, 9.17) is 0 Å². The number of carbonyl (C=O) groups excluding carboxylic acids is 1. The molecule has 1 rings (SSSR count). The molecule has 0 aliphatic heterocycles. The summed E-state index contributed by atoms with van der Waals surface area (Å²) >= 11 is 0. The highest BCUT2D eigenvalue weighted by Gasteiger charge is 2.04. The van der Waals surface area contributed by atoms with Gasteiger partial charge in [0.1, 0.15) is 0 Å². The highest BCUT2D eigenvalue weighted by Crippen LogP contribution is 2.11. The number of ether oxygens (including phenoxy) is 1. The van der Waals surface area contributed by atoms with Crippen LogP contribution in [0.25, 0.3) is 5.70 Å². The Hall–Kier alpha value is -1.77. The molecular weight excluding hydrogens is 190 g/mol. The highest BCUT2D eigenvalue weighted by atomic mass is 16.5. The lowest BCUT2D eigenvalue weighted by Crippen LogP contribution is -2.21. The molecule has 0 aromatic heterocycles. The molecule has 15 heavy (non-hydrogen) atoms. The first kappa shape index (κ1) is 11.3. The zero-order valence-electron chi connectivity index (χ0n) is 8.99. The number of methoxy groups -OCH3 is 1. The molecule has 0 fully saturated rings.